The second-order valence-electron chi connectivity index (χ2n) is 6.34. The van der Waals surface area contributed by atoms with Gasteiger partial charge in [-0.2, -0.15) is 0 Å². The zero-order valence-corrected chi connectivity index (χ0v) is 16.5. The van der Waals surface area contributed by atoms with Gasteiger partial charge in [-0.1, -0.05) is 4.47 Å². The van der Waals surface area contributed by atoms with Crippen LogP contribution in [0.2, 0.25) is 0 Å². The summed E-state index contributed by atoms with van der Waals surface area (Å²) in [4.78, 5) is 28.3. The molecule has 0 saturated heterocycles. The van der Waals surface area contributed by atoms with Crippen molar-refractivity contribution in [1.29, 1.82) is 0 Å². The molecule has 1 aromatic carbocycles. The minimum Gasteiger partial charge on any atom is -0.495 e. The summed E-state index contributed by atoms with van der Waals surface area (Å²) in [5.74, 6) is -1.27. The maximum absolute atomic E-state index is 12.4. The Kier molecular flexibility index (Phi) is 7.13. The van der Waals surface area contributed by atoms with Gasteiger partial charge < -0.3 is 14.8 Å². The molecular weight excluding hydrogens is 364 g/mol. The van der Waals surface area contributed by atoms with Crippen LogP contribution in [0.3, 0.4) is 0 Å². The highest BCUT2D eigenvalue weighted by molar-refractivity contribution is 7.89. The predicted octanol–water partition coefficient (Wildman–Crippen LogP) is 0.949. The summed E-state index contributed by atoms with van der Waals surface area (Å²) >= 11 is 0. The fourth-order valence-corrected chi connectivity index (χ4v) is 3.07. The Morgan fingerprint density at radius 3 is 2.31 bits per heavy atom. The van der Waals surface area contributed by atoms with Crippen LogP contribution >= 0.6 is 0 Å². The molecule has 146 valence electrons. The minimum atomic E-state index is -4.04. The molecule has 0 unspecified atom stereocenters. The topological polar surface area (TPSA) is 111 Å². The Labute approximate surface area is 153 Å². The Morgan fingerprint density at radius 2 is 1.81 bits per heavy atom. The van der Waals surface area contributed by atoms with Crippen molar-refractivity contribution in [2.24, 2.45) is 0 Å². The zero-order chi connectivity index (χ0) is 20.1. The van der Waals surface area contributed by atoms with Crippen LogP contribution in [-0.4, -0.2) is 58.2 Å². The van der Waals surface area contributed by atoms with E-state index in [-0.39, 0.29) is 16.2 Å². The number of carbonyl (C=O) groups is 2. The first-order valence-electron chi connectivity index (χ1n) is 7.61. The fraction of sp³-hybridized carbons (Fsp3) is 0.500. The SMILES string of the molecule is COc1ccc(C(=O)OCC(=O)NC(C)(C)C)cc1S(=O)(=O)N(C)OC. The molecule has 0 atom stereocenters. The Bertz CT molecular complexity index is 769. The molecule has 0 bridgehead atoms. The molecule has 1 aromatic rings. The molecular formula is C16H24N2O7S. The molecule has 9 nitrogen and oxygen atoms in total. The van der Waals surface area contributed by atoms with Crippen molar-refractivity contribution in [2.45, 2.75) is 31.2 Å². The largest absolute Gasteiger partial charge is 0.495 e. The van der Waals surface area contributed by atoms with E-state index < -0.39 is 34.0 Å². The van der Waals surface area contributed by atoms with Crippen molar-refractivity contribution in [3.05, 3.63) is 23.8 Å². The van der Waals surface area contributed by atoms with Crippen molar-refractivity contribution in [3.63, 3.8) is 0 Å². The summed E-state index contributed by atoms with van der Waals surface area (Å²) < 4.78 is 35.5. The first-order valence-corrected chi connectivity index (χ1v) is 9.05. The van der Waals surface area contributed by atoms with Gasteiger partial charge in [-0.05, 0) is 39.0 Å². The molecule has 1 amide bonds. The maximum atomic E-state index is 12.4. The molecule has 0 aliphatic rings. The van der Waals surface area contributed by atoms with Crippen LogP contribution in [0.1, 0.15) is 31.1 Å². The lowest BCUT2D eigenvalue weighted by Gasteiger charge is -2.20. The lowest BCUT2D eigenvalue weighted by molar-refractivity contribution is -0.125. The molecule has 26 heavy (non-hydrogen) atoms. The van der Waals surface area contributed by atoms with Gasteiger partial charge in [0.05, 0.1) is 19.8 Å². The van der Waals surface area contributed by atoms with E-state index in [1.165, 1.54) is 33.4 Å². The number of nitrogens with one attached hydrogen (secondary N) is 1. The van der Waals surface area contributed by atoms with Gasteiger partial charge in [0.25, 0.3) is 15.9 Å². The third-order valence-corrected chi connectivity index (χ3v) is 4.82. The number of hydrogen-bond acceptors (Lipinski definition) is 7. The summed E-state index contributed by atoms with van der Waals surface area (Å²) in [6, 6.07) is 3.77. The van der Waals surface area contributed by atoms with Crippen LogP contribution in [0.15, 0.2) is 23.1 Å². The van der Waals surface area contributed by atoms with E-state index in [0.29, 0.717) is 4.47 Å². The van der Waals surface area contributed by atoms with E-state index in [2.05, 4.69) is 5.32 Å². The number of carbonyl (C=O) groups excluding carboxylic acids is 2. The molecule has 0 heterocycles. The maximum Gasteiger partial charge on any atom is 0.338 e. The number of sulfonamides is 1. The van der Waals surface area contributed by atoms with Crippen molar-refractivity contribution >= 4 is 21.9 Å². The first-order chi connectivity index (χ1) is 11.9. The molecule has 0 fully saturated rings. The third kappa shape index (κ3) is 5.68. The van der Waals surface area contributed by atoms with Gasteiger partial charge in [0, 0.05) is 12.6 Å². The van der Waals surface area contributed by atoms with Crippen LogP contribution in [0.5, 0.6) is 5.75 Å². The highest BCUT2D eigenvalue weighted by Gasteiger charge is 2.27. The molecule has 0 radical (unpaired) electrons. The standard InChI is InChI=1S/C16H24N2O7S/c1-16(2,3)17-14(19)10-25-15(20)11-7-8-12(23-5)13(9-11)26(21,22)18(4)24-6/h7-9H,10H2,1-6H3,(H,17,19). The molecule has 0 aromatic heterocycles. The number of methoxy groups -OCH3 is 1. The van der Waals surface area contributed by atoms with Gasteiger partial charge in [-0.3, -0.25) is 9.63 Å². The molecule has 0 aliphatic carbocycles. The highest BCUT2D eigenvalue weighted by atomic mass is 32.2. The summed E-state index contributed by atoms with van der Waals surface area (Å²) in [7, 11) is -0.347. The smallest absolute Gasteiger partial charge is 0.338 e. The van der Waals surface area contributed by atoms with Crippen LogP contribution < -0.4 is 10.1 Å². The number of amides is 1. The lowest BCUT2D eigenvalue weighted by Crippen LogP contribution is -2.42. The van der Waals surface area contributed by atoms with Crippen molar-refractivity contribution in [2.75, 3.05) is 27.9 Å². The van der Waals surface area contributed by atoms with E-state index in [1.54, 1.807) is 20.8 Å². The van der Waals surface area contributed by atoms with E-state index in [1.807, 2.05) is 0 Å². The molecule has 10 heteroatoms. The molecule has 0 aliphatic heterocycles. The molecule has 1 N–H and O–H groups in total. The van der Waals surface area contributed by atoms with Crippen LogP contribution in [0, 0.1) is 0 Å². The van der Waals surface area contributed by atoms with Gasteiger partial charge in [0.1, 0.15) is 10.6 Å². The van der Waals surface area contributed by atoms with Crippen LogP contribution in [0.4, 0.5) is 0 Å². The number of benzene rings is 1. The average molecular weight is 388 g/mol. The number of hydrogen-bond donors (Lipinski definition) is 1. The van der Waals surface area contributed by atoms with Gasteiger partial charge in [-0.15, -0.1) is 0 Å². The third-order valence-electron chi connectivity index (χ3n) is 3.12. The second kappa shape index (κ2) is 8.47. The Hall–Kier alpha value is -2.17. The van der Waals surface area contributed by atoms with E-state index in [4.69, 9.17) is 14.3 Å². The summed E-state index contributed by atoms with van der Waals surface area (Å²) in [6.45, 7) is 4.89. The van der Waals surface area contributed by atoms with E-state index in [9.17, 15) is 18.0 Å². The van der Waals surface area contributed by atoms with E-state index >= 15 is 0 Å². The highest BCUT2D eigenvalue weighted by Crippen LogP contribution is 2.27. The Morgan fingerprint density at radius 1 is 1.19 bits per heavy atom. The van der Waals surface area contributed by atoms with Crippen molar-refractivity contribution in [3.8, 4) is 5.75 Å². The quantitative estimate of drug-likeness (QED) is 0.547. The minimum absolute atomic E-state index is 0.0379. The lowest BCUT2D eigenvalue weighted by atomic mass is 10.1. The van der Waals surface area contributed by atoms with E-state index in [0.717, 1.165) is 6.07 Å². The molecule has 0 saturated carbocycles. The number of nitrogens with zero attached hydrogens (tertiary/aromatic N) is 1. The Balaban J connectivity index is 3.03. The molecule has 0 spiro atoms. The first kappa shape index (κ1) is 21.9. The second-order valence-corrected chi connectivity index (χ2v) is 8.24. The molecule has 1 rings (SSSR count). The predicted molar refractivity (Wildman–Crippen MR) is 93.1 cm³/mol. The number of hydroxylamine groups is 1. The van der Waals surface area contributed by atoms with Gasteiger partial charge in [0.2, 0.25) is 0 Å². The zero-order valence-electron chi connectivity index (χ0n) is 15.7. The number of esters is 1. The number of ether oxygens (including phenoxy) is 2. The summed E-state index contributed by atoms with van der Waals surface area (Å²) in [6.07, 6.45) is 0. The summed E-state index contributed by atoms with van der Waals surface area (Å²) in [5, 5.41) is 2.65. The van der Waals surface area contributed by atoms with Crippen LogP contribution in [0.25, 0.3) is 0 Å². The normalized spacial score (nSPS) is 12.0. The average Bonchev–Trinajstić information content (AvgIpc) is 2.56. The van der Waals surface area contributed by atoms with Crippen molar-refractivity contribution < 1.29 is 32.3 Å². The fourth-order valence-electron chi connectivity index (χ4n) is 1.91. The monoisotopic (exact) mass is 388 g/mol. The van der Waals surface area contributed by atoms with Gasteiger partial charge in [0.15, 0.2) is 6.61 Å². The van der Waals surface area contributed by atoms with Gasteiger partial charge in [-0.25, -0.2) is 13.2 Å². The van der Waals surface area contributed by atoms with Gasteiger partial charge >= 0.3 is 5.97 Å². The van der Waals surface area contributed by atoms with Crippen molar-refractivity contribution in [1.82, 2.24) is 9.79 Å². The number of rotatable bonds is 7. The summed E-state index contributed by atoms with van der Waals surface area (Å²) in [5.41, 5.74) is -0.507. The van der Waals surface area contributed by atoms with Crippen LogP contribution in [-0.2, 0) is 24.4 Å².